The van der Waals surface area contributed by atoms with Crippen LogP contribution in [0.3, 0.4) is 0 Å². The molecule has 1 amide bonds. The number of alkyl halides is 10. The normalized spacial score (nSPS) is 13.3. The molecule has 246 valence electrons. The highest BCUT2D eigenvalue weighted by atomic mass is 19.4. The van der Waals surface area contributed by atoms with Crippen molar-refractivity contribution in [1.29, 1.82) is 0 Å². The Balaban J connectivity index is 2.09. The molecule has 18 heteroatoms. The fourth-order valence-electron chi connectivity index (χ4n) is 3.34. The van der Waals surface area contributed by atoms with Crippen LogP contribution in [0.4, 0.5) is 48.7 Å². The summed E-state index contributed by atoms with van der Waals surface area (Å²) in [6, 6.07) is 8.46. The fourth-order valence-corrected chi connectivity index (χ4v) is 3.34. The van der Waals surface area contributed by atoms with E-state index in [0.29, 0.717) is 22.6 Å². The molecule has 0 radical (unpaired) electrons. The van der Waals surface area contributed by atoms with E-state index in [9.17, 15) is 58.6 Å². The first-order valence-corrected chi connectivity index (χ1v) is 12.4. The molecule has 0 fully saturated rings. The molecular weight excluding hydrogens is 628 g/mol. The lowest BCUT2D eigenvalue weighted by atomic mass is 10.1. The van der Waals surface area contributed by atoms with Gasteiger partial charge in [-0.2, -0.15) is 43.9 Å². The zero-order valence-electron chi connectivity index (χ0n) is 22.6. The molecule has 0 aliphatic rings. The molecule has 0 bridgehead atoms. The molecule has 0 saturated heterocycles. The third-order valence-corrected chi connectivity index (χ3v) is 5.63. The number of carboxylic acids is 1. The summed E-state index contributed by atoms with van der Waals surface area (Å²) in [7, 11) is 0. The summed E-state index contributed by atoms with van der Waals surface area (Å²) in [6.45, 7) is -1.77. The highest BCUT2D eigenvalue weighted by Gasteiger charge is 2.74. The number of rotatable bonds is 15. The second kappa shape index (κ2) is 14.8. The predicted octanol–water partition coefficient (Wildman–Crippen LogP) is 6.42. The van der Waals surface area contributed by atoms with Gasteiger partial charge in [0.2, 0.25) is 0 Å². The topological polar surface area (TPSA) is 94.5 Å². The lowest BCUT2D eigenvalue weighted by molar-refractivity contribution is -0.423. The SMILES string of the molecule is CCOC(Cc1ccc(OCCN(CCOC(F)(F)C(F)(F)C(F)(F)F)C(=O)Oc2ccc(C(F)(F)F)cc2)cc1)C(=O)O. The minimum atomic E-state index is -6.65. The Labute approximate surface area is 243 Å². The van der Waals surface area contributed by atoms with Crippen LogP contribution in [0.1, 0.15) is 18.1 Å². The molecule has 44 heavy (non-hydrogen) atoms. The Morgan fingerprint density at radius 2 is 1.36 bits per heavy atom. The number of ether oxygens (including phenoxy) is 4. The van der Waals surface area contributed by atoms with Gasteiger partial charge in [-0.3, -0.25) is 0 Å². The van der Waals surface area contributed by atoms with Crippen molar-refractivity contribution < 1.29 is 77.5 Å². The molecule has 0 aliphatic carbocycles. The molecule has 0 heterocycles. The van der Waals surface area contributed by atoms with E-state index >= 15 is 0 Å². The van der Waals surface area contributed by atoms with E-state index < -0.39 is 80.2 Å². The second-order valence-corrected chi connectivity index (χ2v) is 8.79. The van der Waals surface area contributed by atoms with Crippen molar-refractivity contribution in [2.75, 3.05) is 32.9 Å². The van der Waals surface area contributed by atoms with E-state index in [-0.39, 0.29) is 18.8 Å². The van der Waals surface area contributed by atoms with Gasteiger partial charge in [-0.25, -0.2) is 9.59 Å². The summed E-state index contributed by atoms with van der Waals surface area (Å²) < 4.78 is 148. The van der Waals surface area contributed by atoms with Crippen LogP contribution >= 0.6 is 0 Å². The Bertz CT molecular complexity index is 1220. The van der Waals surface area contributed by atoms with Crippen molar-refractivity contribution >= 4 is 12.1 Å². The van der Waals surface area contributed by atoms with Crippen LogP contribution in [0.5, 0.6) is 11.5 Å². The van der Waals surface area contributed by atoms with Crippen molar-refractivity contribution in [3.63, 3.8) is 0 Å². The second-order valence-electron chi connectivity index (χ2n) is 8.79. The van der Waals surface area contributed by atoms with E-state index in [4.69, 9.17) is 14.2 Å². The molecule has 1 atom stereocenters. The molecule has 2 aromatic carbocycles. The van der Waals surface area contributed by atoms with E-state index in [1.165, 1.54) is 24.3 Å². The van der Waals surface area contributed by atoms with Crippen molar-refractivity contribution in [2.24, 2.45) is 0 Å². The number of hydrogen-bond donors (Lipinski definition) is 1. The summed E-state index contributed by atoms with van der Waals surface area (Å²) in [5, 5.41) is 9.18. The molecule has 1 unspecified atom stereocenters. The molecule has 1 N–H and O–H groups in total. The van der Waals surface area contributed by atoms with Gasteiger partial charge in [0, 0.05) is 19.6 Å². The number of nitrogens with zero attached hydrogens (tertiary/aromatic N) is 1. The lowest BCUT2D eigenvalue weighted by Crippen LogP contribution is -2.54. The summed E-state index contributed by atoms with van der Waals surface area (Å²) in [6.07, 6.45) is -19.9. The number of carbonyl (C=O) groups is 2. The van der Waals surface area contributed by atoms with Crippen LogP contribution < -0.4 is 9.47 Å². The number of benzene rings is 2. The van der Waals surface area contributed by atoms with Gasteiger partial charge in [-0.1, -0.05) is 12.1 Å². The number of hydrogen-bond acceptors (Lipinski definition) is 6. The van der Waals surface area contributed by atoms with Gasteiger partial charge in [-0.05, 0) is 48.9 Å². The van der Waals surface area contributed by atoms with Crippen LogP contribution in [-0.4, -0.2) is 79.3 Å². The summed E-state index contributed by atoms with van der Waals surface area (Å²) in [5.41, 5.74) is -0.542. The minimum Gasteiger partial charge on any atom is -0.492 e. The van der Waals surface area contributed by atoms with E-state index in [2.05, 4.69) is 4.74 Å². The number of aliphatic carboxylic acids is 1. The Hall–Kier alpha value is -3.80. The smallest absolute Gasteiger partial charge is 0.462 e. The van der Waals surface area contributed by atoms with Crippen LogP contribution in [-0.2, 0) is 26.9 Å². The van der Waals surface area contributed by atoms with Crippen LogP contribution in [0, 0.1) is 0 Å². The maximum Gasteiger partial charge on any atom is 0.462 e. The molecule has 0 saturated carbocycles. The van der Waals surface area contributed by atoms with Crippen LogP contribution in [0.25, 0.3) is 0 Å². The van der Waals surface area contributed by atoms with Gasteiger partial charge < -0.3 is 29.0 Å². The molecule has 0 aliphatic heterocycles. The molecule has 8 nitrogen and oxygen atoms in total. The largest absolute Gasteiger partial charge is 0.492 e. The minimum absolute atomic E-state index is 0.0189. The maximum atomic E-state index is 13.5. The molecule has 2 rings (SSSR count). The highest BCUT2D eigenvalue weighted by Crippen LogP contribution is 2.46. The number of halogens is 10. The third-order valence-electron chi connectivity index (χ3n) is 5.63. The van der Waals surface area contributed by atoms with Crippen molar-refractivity contribution in [3.05, 3.63) is 59.7 Å². The van der Waals surface area contributed by atoms with Crippen LogP contribution in [0.2, 0.25) is 0 Å². The standard InChI is InChI=1S/C26H25F10NO7/c1-2-41-20(21(38)39)15-16-3-7-18(8-4-16)42-13-11-37(12-14-43-26(35,36)24(30,31)25(32,33)34)22(40)44-19-9-5-17(6-10-19)23(27,28)29/h3-10,20H,2,11-15H2,1H3,(H,38,39). The monoisotopic (exact) mass is 653 g/mol. The molecule has 2 aromatic rings. The quantitative estimate of drug-likeness (QED) is 0.222. The average molecular weight is 653 g/mol. The van der Waals surface area contributed by atoms with Gasteiger partial charge in [0.1, 0.15) is 18.1 Å². The Morgan fingerprint density at radius 3 is 1.86 bits per heavy atom. The summed E-state index contributed by atoms with van der Waals surface area (Å²) >= 11 is 0. The Kier molecular flexibility index (Phi) is 12.2. The van der Waals surface area contributed by atoms with Crippen LogP contribution in [0.15, 0.2) is 48.5 Å². The molecule has 0 aromatic heterocycles. The van der Waals surface area contributed by atoms with Gasteiger partial charge in [0.05, 0.1) is 18.7 Å². The van der Waals surface area contributed by atoms with Crippen molar-refractivity contribution in [2.45, 2.75) is 43.8 Å². The predicted molar refractivity (Wildman–Crippen MR) is 130 cm³/mol. The van der Waals surface area contributed by atoms with Crippen molar-refractivity contribution in [1.82, 2.24) is 4.90 Å². The zero-order chi connectivity index (χ0) is 33.3. The summed E-state index contributed by atoms with van der Waals surface area (Å²) in [5.74, 6) is -8.01. The number of carbonyl (C=O) groups excluding carboxylic acids is 1. The first-order chi connectivity index (χ1) is 20.3. The van der Waals surface area contributed by atoms with Gasteiger partial charge in [0.25, 0.3) is 0 Å². The summed E-state index contributed by atoms with van der Waals surface area (Å²) in [4.78, 5) is 24.4. The fraction of sp³-hybridized carbons (Fsp3) is 0.462. The number of amides is 1. The zero-order valence-corrected chi connectivity index (χ0v) is 22.6. The maximum absolute atomic E-state index is 13.5. The average Bonchev–Trinajstić information content (AvgIpc) is 2.91. The number of carboxylic acid groups (broad SMARTS) is 1. The van der Waals surface area contributed by atoms with E-state index in [1.807, 2.05) is 0 Å². The van der Waals surface area contributed by atoms with Gasteiger partial charge in [-0.15, -0.1) is 0 Å². The van der Waals surface area contributed by atoms with Crippen molar-refractivity contribution in [3.8, 4) is 11.5 Å². The lowest BCUT2D eigenvalue weighted by Gasteiger charge is -2.28. The molecular formula is C26H25F10NO7. The van der Waals surface area contributed by atoms with Gasteiger partial charge in [0.15, 0.2) is 6.10 Å². The van der Waals surface area contributed by atoms with Gasteiger partial charge >= 0.3 is 36.4 Å². The third kappa shape index (κ3) is 10.1. The molecule has 0 spiro atoms. The Morgan fingerprint density at radius 1 is 0.818 bits per heavy atom. The highest BCUT2D eigenvalue weighted by molar-refractivity contribution is 5.72. The first-order valence-electron chi connectivity index (χ1n) is 12.4. The van der Waals surface area contributed by atoms with E-state index in [1.54, 1.807) is 6.92 Å². The first kappa shape index (κ1) is 36.4. The van der Waals surface area contributed by atoms with E-state index in [0.717, 1.165) is 12.1 Å².